The molecule has 0 atom stereocenters. The summed E-state index contributed by atoms with van der Waals surface area (Å²) in [6, 6.07) is 10.8. The Balaban J connectivity index is 1.77. The van der Waals surface area contributed by atoms with Crippen molar-refractivity contribution in [2.75, 3.05) is 0 Å². The minimum Gasteiger partial charge on any atom is -0.399 e. The van der Waals surface area contributed by atoms with Gasteiger partial charge in [0.2, 0.25) is 0 Å². The summed E-state index contributed by atoms with van der Waals surface area (Å²) in [5.74, 6) is 0. The second-order valence-corrected chi connectivity index (χ2v) is 12.0. The molecule has 1 saturated heterocycles. The van der Waals surface area contributed by atoms with Gasteiger partial charge in [-0.2, -0.15) is 5.26 Å². The molecule has 1 aromatic heterocycles. The molecule has 1 fully saturated rings. The molecule has 0 unspecified atom stereocenters. The van der Waals surface area contributed by atoms with Crippen LogP contribution in [0.3, 0.4) is 0 Å². The minimum atomic E-state index is -0.533. The number of benzene rings is 1. The molecule has 2 heterocycles. The van der Waals surface area contributed by atoms with Gasteiger partial charge in [-0.1, -0.05) is 53.7 Å². The molecule has 2 aromatic rings. The second-order valence-electron chi connectivity index (χ2n) is 12.0. The van der Waals surface area contributed by atoms with Crippen LogP contribution in [-0.2, 0) is 20.1 Å². The van der Waals surface area contributed by atoms with Crippen molar-refractivity contribution in [1.82, 2.24) is 4.98 Å². The Morgan fingerprint density at radius 1 is 0.812 bits per heavy atom. The molecule has 32 heavy (non-hydrogen) atoms. The van der Waals surface area contributed by atoms with Gasteiger partial charge in [0, 0.05) is 17.2 Å². The average molecular weight is 430 g/mol. The number of hydrogen-bond donors (Lipinski definition) is 0. The van der Waals surface area contributed by atoms with E-state index in [4.69, 9.17) is 14.3 Å². The van der Waals surface area contributed by atoms with Crippen molar-refractivity contribution in [3.05, 3.63) is 47.2 Å². The molecular formula is C27H35BN2O2. The van der Waals surface area contributed by atoms with E-state index in [1.165, 1.54) is 11.1 Å². The summed E-state index contributed by atoms with van der Waals surface area (Å²) in [6.07, 6.45) is 1.78. The van der Waals surface area contributed by atoms with Crippen LogP contribution in [0.5, 0.6) is 0 Å². The molecule has 168 valence electrons. The summed E-state index contributed by atoms with van der Waals surface area (Å²) in [5, 5.41) is 9.94. The van der Waals surface area contributed by atoms with Crippen LogP contribution in [-0.4, -0.2) is 23.3 Å². The molecule has 0 saturated carbocycles. The number of pyridine rings is 1. The largest absolute Gasteiger partial charge is 0.496 e. The molecule has 5 heteroatoms. The summed E-state index contributed by atoms with van der Waals surface area (Å²) in [7, 11) is -0.533. The number of rotatable bonds is 2. The zero-order valence-corrected chi connectivity index (χ0v) is 21.2. The highest BCUT2D eigenvalue weighted by molar-refractivity contribution is 6.62. The fourth-order valence-corrected chi connectivity index (χ4v) is 5.11. The molecule has 0 amide bonds. The van der Waals surface area contributed by atoms with E-state index >= 15 is 0 Å². The van der Waals surface area contributed by atoms with Gasteiger partial charge in [0.15, 0.2) is 0 Å². The number of aromatic nitrogens is 1. The highest BCUT2D eigenvalue weighted by Gasteiger charge is 2.57. The quantitative estimate of drug-likeness (QED) is 0.589. The maximum atomic E-state index is 9.94. The standard InChI is InChI=1S/C27H35BN2O2/c1-23(2)20-12-11-17(14-21(20)24(3,4)25(23,5)6)22-18(15-29)13-19(16-30-22)28-31-26(7,8)27(9,10)32-28/h11-14,16H,1-10H3. The van der Waals surface area contributed by atoms with Gasteiger partial charge in [0.25, 0.3) is 0 Å². The lowest BCUT2D eigenvalue weighted by Crippen LogP contribution is -2.42. The first-order valence-corrected chi connectivity index (χ1v) is 11.5. The van der Waals surface area contributed by atoms with Crippen molar-refractivity contribution in [2.45, 2.75) is 91.3 Å². The van der Waals surface area contributed by atoms with Crippen molar-refractivity contribution in [3.8, 4) is 17.3 Å². The summed E-state index contributed by atoms with van der Waals surface area (Å²) in [4.78, 5) is 4.72. The Morgan fingerprint density at radius 3 is 1.94 bits per heavy atom. The molecule has 1 aliphatic carbocycles. The molecule has 1 aliphatic heterocycles. The maximum absolute atomic E-state index is 9.94. The summed E-state index contributed by atoms with van der Waals surface area (Å²) >= 11 is 0. The number of hydrogen-bond acceptors (Lipinski definition) is 4. The van der Waals surface area contributed by atoms with Gasteiger partial charge in [0.1, 0.15) is 6.07 Å². The zero-order valence-electron chi connectivity index (χ0n) is 21.2. The molecule has 1 aromatic carbocycles. The van der Waals surface area contributed by atoms with E-state index < -0.39 is 18.3 Å². The van der Waals surface area contributed by atoms with Gasteiger partial charge < -0.3 is 9.31 Å². The molecule has 4 rings (SSSR count). The first-order valence-electron chi connectivity index (χ1n) is 11.5. The van der Waals surface area contributed by atoms with Crippen molar-refractivity contribution < 1.29 is 9.31 Å². The Morgan fingerprint density at radius 2 is 1.38 bits per heavy atom. The first-order chi connectivity index (χ1) is 14.6. The Labute approximate surface area is 193 Å². The summed E-state index contributed by atoms with van der Waals surface area (Å²) < 4.78 is 12.3. The fraction of sp³-hybridized carbons (Fsp3) is 0.556. The minimum absolute atomic E-state index is 0.00270. The zero-order chi connectivity index (χ0) is 23.9. The Hall–Kier alpha value is -2.16. The van der Waals surface area contributed by atoms with Crippen molar-refractivity contribution in [1.29, 1.82) is 5.26 Å². The smallest absolute Gasteiger partial charge is 0.399 e. The normalized spacial score (nSPS) is 23.6. The van der Waals surface area contributed by atoms with Gasteiger partial charge in [0.05, 0.1) is 22.5 Å². The van der Waals surface area contributed by atoms with Crippen LogP contribution < -0.4 is 5.46 Å². The van der Waals surface area contributed by atoms with Gasteiger partial charge in [-0.25, -0.2) is 0 Å². The van der Waals surface area contributed by atoms with Gasteiger partial charge in [-0.15, -0.1) is 0 Å². The van der Waals surface area contributed by atoms with E-state index in [0.29, 0.717) is 11.3 Å². The van der Waals surface area contributed by atoms with Crippen LogP contribution in [0.25, 0.3) is 11.3 Å². The van der Waals surface area contributed by atoms with Crippen molar-refractivity contribution in [3.63, 3.8) is 0 Å². The monoisotopic (exact) mass is 430 g/mol. The van der Waals surface area contributed by atoms with Gasteiger partial charge >= 0.3 is 7.12 Å². The number of nitrogens with zero attached hydrogens (tertiary/aromatic N) is 2. The van der Waals surface area contributed by atoms with Gasteiger partial charge in [-0.3, -0.25) is 4.98 Å². The Kier molecular flexibility index (Phi) is 4.81. The third kappa shape index (κ3) is 2.92. The summed E-state index contributed by atoms with van der Waals surface area (Å²) in [6.45, 7) is 22.1. The number of nitriles is 1. The van der Waals surface area contributed by atoms with Crippen molar-refractivity contribution in [2.24, 2.45) is 5.41 Å². The van der Waals surface area contributed by atoms with E-state index in [-0.39, 0.29) is 16.2 Å². The van der Waals surface area contributed by atoms with E-state index in [9.17, 15) is 5.26 Å². The fourth-order valence-electron chi connectivity index (χ4n) is 5.11. The first kappa shape index (κ1) is 23.0. The molecule has 4 nitrogen and oxygen atoms in total. The lowest BCUT2D eigenvalue weighted by molar-refractivity contribution is 0.00578. The van der Waals surface area contributed by atoms with E-state index in [2.05, 4.69) is 65.8 Å². The molecular weight excluding hydrogens is 395 g/mol. The van der Waals surface area contributed by atoms with Gasteiger partial charge in [-0.05, 0) is 67.2 Å². The van der Waals surface area contributed by atoms with Crippen LogP contribution in [0.15, 0.2) is 30.5 Å². The molecule has 0 radical (unpaired) electrons. The highest BCUT2D eigenvalue weighted by Crippen LogP contribution is 2.61. The predicted octanol–water partition coefficient (Wildman–Crippen LogP) is 5.51. The average Bonchev–Trinajstić information content (AvgIpc) is 2.98. The SMILES string of the molecule is CC1(C)OB(c2cnc(-c3ccc4c(c3)C(C)(C)C(C)(C)C4(C)C)c(C#N)c2)OC1(C)C. The predicted molar refractivity (Wildman–Crippen MR) is 130 cm³/mol. The summed E-state index contributed by atoms with van der Waals surface area (Å²) in [5.41, 5.74) is 4.97. The lowest BCUT2D eigenvalue weighted by Gasteiger charge is -2.44. The van der Waals surface area contributed by atoms with Crippen LogP contribution in [0, 0.1) is 16.7 Å². The van der Waals surface area contributed by atoms with Crippen molar-refractivity contribution >= 4 is 12.6 Å². The van der Waals surface area contributed by atoms with Crippen LogP contribution in [0.1, 0.15) is 85.9 Å². The topological polar surface area (TPSA) is 55.1 Å². The van der Waals surface area contributed by atoms with E-state index in [1.54, 1.807) is 6.20 Å². The molecule has 0 N–H and O–H groups in total. The van der Waals surface area contributed by atoms with Crippen LogP contribution in [0.2, 0.25) is 0 Å². The third-order valence-electron chi connectivity index (χ3n) is 9.32. The lowest BCUT2D eigenvalue weighted by atomic mass is 9.59. The second kappa shape index (κ2) is 6.68. The Bertz CT molecular complexity index is 1120. The highest BCUT2D eigenvalue weighted by atomic mass is 16.7. The molecule has 0 bridgehead atoms. The molecule has 2 aliphatic rings. The third-order valence-corrected chi connectivity index (χ3v) is 9.32. The number of fused-ring (bicyclic) bond motifs is 1. The maximum Gasteiger partial charge on any atom is 0.496 e. The van der Waals surface area contributed by atoms with Crippen LogP contribution >= 0.6 is 0 Å². The van der Waals surface area contributed by atoms with E-state index in [0.717, 1.165) is 11.0 Å². The molecule has 0 spiro atoms. The van der Waals surface area contributed by atoms with Crippen LogP contribution in [0.4, 0.5) is 0 Å². The van der Waals surface area contributed by atoms with E-state index in [1.807, 2.05) is 33.8 Å².